The van der Waals surface area contributed by atoms with Crippen molar-refractivity contribution in [3.05, 3.63) is 40.3 Å². The highest BCUT2D eigenvalue weighted by molar-refractivity contribution is 6.20. The van der Waals surface area contributed by atoms with Gasteiger partial charge in [-0.05, 0) is 57.8 Å². The largest absolute Gasteiger partial charge is 0.444 e. The van der Waals surface area contributed by atoms with E-state index in [-0.39, 0.29) is 6.54 Å². The number of rotatable bonds is 3. The molecule has 2 unspecified atom stereocenters. The van der Waals surface area contributed by atoms with Gasteiger partial charge in [-0.2, -0.15) is 0 Å². The lowest BCUT2D eigenvalue weighted by molar-refractivity contribution is -0.0152. The fourth-order valence-corrected chi connectivity index (χ4v) is 3.18. The number of amides is 2. The monoisotopic (exact) mass is 439 g/mol. The molecule has 2 atom stereocenters. The van der Waals surface area contributed by atoms with Gasteiger partial charge in [0.2, 0.25) is 0 Å². The topological polar surface area (TPSA) is 88.5 Å². The van der Waals surface area contributed by atoms with Crippen LogP contribution >= 0.6 is 11.6 Å². The van der Waals surface area contributed by atoms with Crippen molar-refractivity contribution >= 4 is 23.8 Å². The number of ether oxygens (including phenoxy) is 2. The van der Waals surface area contributed by atoms with Crippen LogP contribution in [0.3, 0.4) is 0 Å². The number of nitrogens with zero attached hydrogens (tertiary/aromatic N) is 3. The Morgan fingerprint density at radius 2 is 1.53 bits per heavy atom. The van der Waals surface area contributed by atoms with Crippen molar-refractivity contribution in [3.63, 3.8) is 0 Å². The Bertz CT molecular complexity index is 770. The summed E-state index contributed by atoms with van der Waals surface area (Å²) in [5.41, 5.74) is -0.902. The summed E-state index contributed by atoms with van der Waals surface area (Å²) >= 11 is 5.87. The van der Waals surface area contributed by atoms with E-state index in [1.807, 2.05) is 20.8 Å². The lowest BCUT2D eigenvalue weighted by Crippen LogP contribution is -2.54. The molecule has 0 aromatic heterocycles. The molecule has 1 aliphatic rings. The van der Waals surface area contributed by atoms with E-state index in [2.05, 4.69) is 5.18 Å². The minimum atomic E-state index is -0.981. The van der Waals surface area contributed by atoms with Gasteiger partial charge in [0, 0.05) is 19.6 Å². The molecule has 0 radical (unpaired) electrons. The highest BCUT2D eigenvalue weighted by Gasteiger charge is 2.37. The Kier molecular flexibility index (Phi) is 7.34. The average molecular weight is 440 g/mol. The Hall–Kier alpha value is -2.35. The van der Waals surface area contributed by atoms with E-state index in [0.29, 0.717) is 18.7 Å². The summed E-state index contributed by atoms with van der Waals surface area (Å²) in [6.07, 6.45) is -0.885. The molecule has 30 heavy (non-hydrogen) atoms. The number of hydrogen-bond donors (Lipinski definition) is 0. The summed E-state index contributed by atoms with van der Waals surface area (Å²) in [7, 11) is 0. The standard InChI is InChI=1S/C21H30ClN3O5/c1-20(2,3)29-18(26)24-11-12-25(19(27)30-21(4,5)6)16(13-24)14-7-9-15(10-8-14)17(22)23-28/h7-10,16-17H,11-13H2,1-6H3. The first kappa shape index (κ1) is 23.9. The number of nitroso groups, excluding NO2 is 1. The van der Waals surface area contributed by atoms with Crippen molar-refractivity contribution in [1.29, 1.82) is 0 Å². The lowest BCUT2D eigenvalue weighted by atomic mass is 10.0. The van der Waals surface area contributed by atoms with Gasteiger partial charge < -0.3 is 14.4 Å². The predicted octanol–water partition coefficient (Wildman–Crippen LogP) is 5.22. The molecule has 0 N–H and O–H groups in total. The van der Waals surface area contributed by atoms with Crippen LogP contribution in [0.25, 0.3) is 0 Å². The molecule has 0 aliphatic carbocycles. The van der Waals surface area contributed by atoms with Crippen LogP contribution in [-0.4, -0.2) is 52.8 Å². The van der Waals surface area contributed by atoms with E-state index in [0.717, 1.165) is 5.56 Å². The van der Waals surface area contributed by atoms with E-state index in [4.69, 9.17) is 21.1 Å². The zero-order chi connectivity index (χ0) is 22.7. The van der Waals surface area contributed by atoms with Crippen LogP contribution < -0.4 is 0 Å². The number of piperazine rings is 1. The smallest absolute Gasteiger partial charge is 0.410 e. The van der Waals surface area contributed by atoms with E-state index in [1.165, 1.54) is 0 Å². The molecule has 8 nitrogen and oxygen atoms in total. The van der Waals surface area contributed by atoms with Crippen LogP contribution in [0, 0.1) is 4.91 Å². The Morgan fingerprint density at radius 1 is 1.00 bits per heavy atom. The zero-order valence-corrected chi connectivity index (χ0v) is 19.1. The van der Waals surface area contributed by atoms with Crippen molar-refractivity contribution in [2.24, 2.45) is 5.18 Å². The van der Waals surface area contributed by atoms with Gasteiger partial charge in [0.15, 0.2) is 5.50 Å². The van der Waals surface area contributed by atoms with Crippen molar-refractivity contribution in [2.75, 3.05) is 19.6 Å². The number of alkyl halides is 1. The van der Waals surface area contributed by atoms with Crippen LogP contribution in [-0.2, 0) is 9.47 Å². The molecule has 2 amide bonds. The molecular weight excluding hydrogens is 410 g/mol. The first-order chi connectivity index (χ1) is 13.8. The van der Waals surface area contributed by atoms with E-state index >= 15 is 0 Å². The Morgan fingerprint density at radius 3 is 2.03 bits per heavy atom. The summed E-state index contributed by atoms with van der Waals surface area (Å²) in [5.74, 6) is 0. The molecule has 2 rings (SSSR count). The van der Waals surface area contributed by atoms with Crippen LogP contribution in [0.2, 0.25) is 0 Å². The molecule has 1 aromatic rings. The SMILES string of the molecule is CC(C)(C)OC(=O)N1CCN(C(=O)OC(C)(C)C)C(c2ccc(C(Cl)N=O)cc2)C1. The third-order valence-corrected chi connectivity index (χ3v) is 4.68. The van der Waals surface area contributed by atoms with Gasteiger partial charge in [0.1, 0.15) is 11.2 Å². The molecule has 0 saturated carbocycles. The van der Waals surface area contributed by atoms with E-state index in [9.17, 15) is 14.5 Å². The highest BCUT2D eigenvalue weighted by Crippen LogP contribution is 2.30. The molecule has 1 heterocycles. The van der Waals surface area contributed by atoms with Gasteiger partial charge >= 0.3 is 12.2 Å². The maximum atomic E-state index is 12.8. The number of hydrogen-bond acceptors (Lipinski definition) is 6. The second-order valence-electron chi connectivity index (χ2n) is 9.22. The molecule has 1 aromatic carbocycles. The second kappa shape index (κ2) is 9.20. The predicted molar refractivity (Wildman–Crippen MR) is 114 cm³/mol. The second-order valence-corrected chi connectivity index (χ2v) is 9.64. The third kappa shape index (κ3) is 6.58. The van der Waals surface area contributed by atoms with E-state index in [1.54, 1.807) is 54.8 Å². The molecule has 1 saturated heterocycles. The van der Waals surface area contributed by atoms with Gasteiger partial charge in [-0.25, -0.2) is 9.59 Å². The van der Waals surface area contributed by atoms with Crippen molar-refractivity contribution in [2.45, 2.75) is 64.3 Å². The Balaban J connectivity index is 2.29. The molecule has 0 bridgehead atoms. The first-order valence-corrected chi connectivity index (χ1v) is 10.3. The summed E-state index contributed by atoms with van der Waals surface area (Å²) in [6.45, 7) is 11.7. The first-order valence-electron chi connectivity index (χ1n) is 9.84. The van der Waals surface area contributed by atoms with Gasteiger partial charge in [-0.1, -0.05) is 35.9 Å². The van der Waals surface area contributed by atoms with Crippen LogP contribution in [0.5, 0.6) is 0 Å². The minimum absolute atomic E-state index is 0.254. The van der Waals surface area contributed by atoms with Gasteiger partial charge in [0.05, 0.1) is 6.04 Å². The van der Waals surface area contributed by atoms with Crippen LogP contribution in [0.15, 0.2) is 29.4 Å². The van der Waals surface area contributed by atoms with Crippen molar-refractivity contribution in [1.82, 2.24) is 9.80 Å². The molecular formula is C21H30ClN3O5. The number of carbonyl (C=O) groups excluding carboxylic acids is 2. The Labute approximate surface area is 182 Å². The lowest BCUT2D eigenvalue weighted by Gasteiger charge is -2.42. The van der Waals surface area contributed by atoms with Crippen molar-refractivity contribution < 1.29 is 19.1 Å². The molecule has 9 heteroatoms. The van der Waals surface area contributed by atoms with Crippen molar-refractivity contribution in [3.8, 4) is 0 Å². The number of benzene rings is 1. The minimum Gasteiger partial charge on any atom is -0.444 e. The quantitative estimate of drug-likeness (QED) is 0.366. The fraction of sp³-hybridized carbons (Fsp3) is 0.619. The van der Waals surface area contributed by atoms with E-state index < -0.39 is 34.9 Å². The van der Waals surface area contributed by atoms with Gasteiger partial charge in [-0.3, -0.25) is 4.90 Å². The summed E-state index contributed by atoms with van der Waals surface area (Å²) in [5, 5.41) is 2.82. The molecule has 0 spiro atoms. The molecule has 166 valence electrons. The van der Waals surface area contributed by atoms with Gasteiger partial charge in [0.25, 0.3) is 0 Å². The third-order valence-electron chi connectivity index (χ3n) is 4.35. The number of halogens is 1. The summed E-state index contributed by atoms with van der Waals surface area (Å²) in [6, 6.07) is 6.49. The van der Waals surface area contributed by atoms with Crippen LogP contribution in [0.1, 0.15) is 64.2 Å². The van der Waals surface area contributed by atoms with Gasteiger partial charge in [-0.15, -0.1) is 4.91 Å². The average Bonchev–Trinajstić information content (AvgIpc) is 2.64. The maximum absolute atomic E-state index is 12.8. The molecule has 1 aliphatic heterocycles. The summed E-state index contributed by atoms with van der Waals surface area (Å²) < 4.78 is 11.1. The normalized spacial score (nSPS) is 18.6. The summed E-state index contributed by atoms with van der Waals surface area (Å²) in [4.78, 5) is 39.3. The highest BCUT2D eigenvalue weighted by atomic mass is 35.5. The number of carbonyl (C=O) groups is 2. The zero-order valence-electron chi connectivity index (χ0n) is 18.3. The van der Waals surface area contributed by atoms with Crippen LogP contribution in [0.4, 0.5) is 9.59 Å². The fourth-order valence-electron chi connectivity index (χ4n) is 3.04. The molecule has 1 fully saturated rings. The maximum Gasteiger partial charge on any atom is 0.410 e.